The van der Waals surface area contributed by atoms with Crippen molar-refractivity contribution < 1.29 is 17.9 Å². The number of hydrogen-bond acceptors (Lipinski definition) is 5. The lowest BCUT2D eigenvalue weighted by Gasteiger charge is -2.29. The van der Waals surface area contributed by atoms with Crippen LogP contribution in [0.3, 0.4) is 0 Å². The maximum atomic E-state index is 12.8. The number of carbonyl (C=O) groups is 1. The monoisotopic (exact) mass is 319 g/mol. The normalized spacial score (nSPS) is 31.7. The second-order valence-corrected chi connectivity index (χ2v) is 7.62. The number of esters is 1. The quantitative estimate of drug-likeness (QED) is 0.716. The highest BCUT2D eigenvalue weighted by Crippen LogP contribution is 2.31. The zero-order valence-corrected chi connectivity index (χ0v) is 13.5. The Hall–Kier alpha value is -0.700. The van der Waals surface area contributed by atoms with Crippen molar-refractivity contribution in [2.45, 2.75) is 45.2 Å². The average Bonchev–Trinajstić information content (AvgIpc) is 3.05. The fourth-order valence-corrected chi connectivity index (χ4v) is 5.31. The number of rotatable bonds is 5. The Bertz CT molecular complexity index is 482. The van der Waals surface area contributed by atoms with Crippen LogP contribution >= 0.6 is 0 Å². The van der Waals surface area contributed by atoms with Gasteiger partial charge in [0.05, 0.1) is 6.61 Å². The van der Waals surface area contributed by atoms with Gasteiger partial charge in [-0.3, -0.25) is 4.79 Å². The summed E-state index contributed by atoms with van der Waals surface area (Å²) in [4.78, 5) is 12.0. The molecule has 2 rings (SSSR count). The van der Waals surface area contributed by atoms with Crippen LogP contribution in [0, 0.1) is 5.92 Å². The average molecular weight is 319 g/mol. The Kier molecular flexibility index (Phi) is 5.24. The van der Waals surface area contributed by atoms with Crippen molar-refractivity contribution in [1.82, 2.24) is 8.61 Å². The molecule has 0 bridgehead atoms. The van der Waals surface area contributed by atoms with Gasteiger partial charge in [-0.05, 0) is 45.6 Å². The van der Waals surface area contributed by atoms with Gasteiger partial charge in [0.1, 0.15) is 6.04 Å². The van der Waals surface area contributed by atoms with Crippen molar-refractivity contribution in [3.8, 4) is 0 Å². The number of hydrogen-bond donors (Lipinski definition) is 1. The molecule has 0 saturated carbocycles. The first-order chi connectivity index (χ1) is 9.91. The Morgan fingerprint density at radius 2 is 2.10 bits per heavy atom. The van der Waals surface area contributed by atoms with Gasteiger partial charge >= 0.3 is 5.97 Å². The summed E-state index contributed by atoms with van der Waals surface area (Å²) in [7, 11) is -3.63. The molecule has 2 aliphatic rings. The Balaban J connectivity index is 2.17. The SMILES string of the molecule is CCOC(=O)C1CCCN1S(=O)(=O)N1CC(CN)CC1C. The van der Waals surface area contributed by atoms with E-state index < -0.39 is 22.2 Å². The van der Waals surface area contributed by atoms with Crippen LogP contribution in [-0.4, -0.2) is 61.3 Å². The van der Waals surface area contributed by atoms with Gasteiger partial charge in [0, 0.05) is 19.1 Å². The molecule has 21 heavy (non-hydrogen) atoms. The molecule has 8 heteroatoms. The summed E-state index contributed by atoms with van der Waals surface area (Å²) in [6, 6.07) is -0.758. The maximum Gasteiger partial charge on any atom is 0.324 e. The maximum absolute atomic E-state index is 12.8. The molecule has 0 aromatic carbocycles. The second-order valence-electron chi connectivity index (χ2n) is 5.78. The molecule has 122 valence electrons. The van der Waals surface area contributed by atoms with Crippen LogP contribution in [0.1, 0.15) is 33.1 Å². The lowest BCUT2D eigenvalue weighted by molar-refractivity contribution is -0.146. The topological polar surface area (TPSA) is 92.9 Å². The summed E-state index contributed by atoms with van der Waals surface area (Å²) < 4.78 is 33.5. The first kappa shape index (κ1) is 16.7. The van der Waals surface area contributed by atoms with Crippen LogP contribution in [-0.2, 0) is 19.7 Å². The lowest BCUT2D eigenvalue weighted by Crippen LogP contribution is -2.50. The summed E-state index contributed by atoms with van der Waals surface area (Å²) in [5.41, 5.74) is 5.66. The molecular weight excluding hydrogens is 294 g/mol. The highest BCUT2D eigenvalue weighted by Gasteiger charge is 2.46. The molecule has 0 spiro atoms. The van der Waals surface area contributed by atoms with Gasteiger partial charge in [-0.25, -0.2) is 0 Å². The third-order valence-electron chi connectivity index (χ3n) is 4.29. The molecule has 7 nitrogen and oxygen atoms in total. The highest BCUT2D eigenvalue weighted by atomic mass is 32.2. The highest BCUT2D eigenvalue weighted by molar-refractivity contribution is 7.86. The Morgan fingerprint density at radius 1 is 1.38 bits per heavy atom. The molecule has 2 saturated heterocycles. The largest absolute Gasteiger partial charge is 0.465 e. The standard InChI is InChI=1S/C13H25N3O4S/c1-3-20-13(17)12-5-4-6-15(12)21(18,19)16-9-11(8-14)7-10(16)2/h10-12H,3-9,14H2,1-2H3. The van der Waals surface area contributed by atoms with E-state index in [2.05, 4.69) is 0 Å². The molecular formula is C13H25N3O4S. The molecule has 2 fully saturated rings. The first-order valence-corrected chi connectivity index (χ1v) is 8.96. The molecule has 0 aromatic heterocycles. The van der Waals surface area contributed by atoms with Crippen LogP contribution in [0.2, 0.25) is 0 Å². The molecule has 0 aliphatic carbocycles. The smallest absolute Gasteiger partial charge is 0.324 e. The minimum Gasteiger partial charge on any atom is -0.465 e. The van der Waals surface area contributed by atoms with E-state index in [-0.39, 0.29) is 18.6 Å². The fourth-order valence-electron chi connectivity index (χ4n) is 3.23. The molecule has 2 N–H and O–H groups in total. The molecule has 0 radical (unpaired) electrons. The first-order valence-electron chi connectivity index (χ1n) is 7.57. The van der Waals surface area contributed by atoms with Gasteiger partial charge in [-0.1, -0.05) is 0 Å². The number of carbonyl (C=O) groups excluding carboxylic acids is 1. The van der Waals surface area contributed by atoms with E-state index in [4.69, 9.17) is 10.5 Å². The molecule has 2 aliphatic heterocycles. The summed E-state index contributed by atoms with van der Waals surface area (Å²) in [6.07, 6.45) is 1.99. The van der Waals surface area contributed by atoms with Gasteiger partial charge in [-0.15, -0.1) is 0 Å². The van der Waals surface area contributed by atoms with E-state index in [1.807, 2.05) is 6.92 Å². The molecule has 0 aromatic rings. The van der Waals surface area contributed by atoms with Crippen molar-refractivity contribution >= 4 is 16.2 Å². The van der Waals surface area contributed by atoms with Gasteiger partial charge < -0.3 is 10.5 Å². The Labute approximate surface area is 126 Å². The summed E-state index contributed by atoms with van der Waals surface area (Å²) >= 11 is 0. The predicted octanol–water partition coefficient (Wildman–Crippen LogP) is -0.0722. The van der Waals surface area contributed by atoms with E-state index in [0.29, 0.717) is 32.5 Å². The summed E-state index contributed by atoms with van der Waals surface area (Å²) in [5.74, 6) is -0.251. The van der Waals surface area contributed by atoms with E-state index in [1.165, 1.54) is 8.61 Å². The predicted molar refractivity (Wildman–Crippen MR) is 78.6 cm³/mol. The summed E-state index contributed by atoms with van der Waals surface area (Å²) in [5, 5.41) is 0. The van der Waals surface area contributed by atoms with Gasteiger partial charge in [-0.2, -0.15) is 17.0 Å². The van der Waals surface area contributed by atoms with Crippen LogP contribution in [0.4, 0.5) is 0 Å². The van der Waals surface area contributed by atoms with Crippen LogP contribution in [0.25, 0.3) is 0 Å². The molecule has 3 atom stereocenters. The molecule has 0 amide bonds. The zero-order chi connectivity index (χ0) is 15.6. The Morgan fingerprint density at radius 3 is 2.67 bits per heavy atom. The lowest BCUT2D eigenvalue weighted by atomic mass is 10.1. The van der Waals surface area contributed by atoms with Crippen molar-refractivity contribution in [1.29, 1.82) is 0 Å². The third-order valence-corrected chi connectivity index (χ3v) is 6.42. The minimum absolute atomic E-state index is 0.0769. The zero-order valence-electron chi connectivity index (χ0n) is 12.7. The number of nitrogens with zero attached hydrogens (tertiary/aromatic N) is 2. The third kappa shape index (κ3) is 3.23. The number of ether oxygens (including phenoxy) is 1. The van der Waals surface area contributed by atoms with Crippen LogP contribution in [0.15, 0.2) is 0 Å². The molecule has 2 heterocycles. The van der Waals surface area contributed by atoms with Gasteiger partial charge in [0.2, 0.25) is 0 Å². The number of nitrogens with two attached hydrogens (primary N) is 1. The second kappa shape index (κ2) is 6.60. The van der Waals surface area contributed by atoms with Gasteiger partial charge in [0.25, 0.3) is 10.2 Å². The minimum atomic E-state index is -3.63. The fraction of sp³-hybridized carbons (Fsp3) is 0.923. The van der Waals surface area contributed by atoms with Crippen LogP contribution < -0.4 is 5.73 Å². The van der Waals surface area contributed by atoms with E-state index in [0.717, 1.165) is 6.42 Å². The van der Waals surface area contributed by atoms with E-state index in [9.17, 15) is 13.2 Å². The van der Waals surface area contributed by atoms with Crippen molar-refractivity contribution in [2.24, 2.45) is 11.7 Å². The summed E-state index contributed by atoms with van der Waals surface area (Å²) in [6.45, 7) is 5.17. The van der Waals surface area contributed by atoms with Crippen molar-refractivity contribution in [2.75, 3.05) is 26.2 Å². The molecule has 3 unspecified atom stereocenters. The van der Waals surface area contributed by atoms with E-state index in [1.54, 1.807) is 6.92 Å². The van der Waals surface area contributed by atoms with Crippen LogP contribution in [0.5, 0.6) is 0 Å². The van der Waals surface area contributed by atoms with E-state index >= 15 is 0 Å². The van der Waals surface area contributed by atoms with Crippen molar-refractivity contribution in [3.05, 3.63) is 0 Å². The van der Waals surface area contributed by atoms with Crippen molar-refractivity contribution in [3.63, 3.8) is 0 Å². The van der Waals surface area contributed by atoms with Gasteiger partial charge in [0.15, 0.2) is 0 Å².